The van der Waals surface area contributed by atoms with Gasteiger partial charge < -0.3 is 19.9 Å². The van der Waals surface area contributed by atoms with Crippen LogP contribution in [0.2, 0.25) is 0 Å². The Morgan fingerprint density at radius 2 is 2.30 bits per heavy atom. The van der Waals surface area contributed by atoms with Gasteiger partial charge in [-0.05, 0) is 46.2 Å². The fourth-order valence-corrected chi connectivity index (χ4v) is 2.45. The highest BCUT2D eigenvalue weighted by molar-refractivity contribution is 5.68. The van der Waals surface area contributed by atoms with E-state index in [1.54, 1.807) is 4.90 Å². The number of hydrogen-bond donors (Lipinski definition) is 2. The number of H-pyrrole nitrogens is 1. The van der Waals surface area contributed by atoms with Gasteiger partial charge in [0.15, 0.2) is 0 Å². The van der Waals surface area contributed by atoms with Crippen LogP contribution in [0.4, 0.5) is 4.79 Å². The van der Waals surface area contributed by atoms with Crippen LogP contribution in [0, 0.1) is 0 Å². The van der Waals surface area contributed by atoms with E-state index in [0.29, 0.717) is 12.6 Å². The Morgan fingerprint density at radius 1 is 1.55 bits per heavy atom. The van der Waals surface area contributed by atoms with Crippen LogP contribution in [0.5, 0.6) is 0 Å². The zero-order valence-electron chi connectivity index (χ0n) is 12.8. The second kappa shape index (κ2) is 5.87. The number of hydrogen-bond acceptors (Lipinski definition) is 3. The number of amides is 1. The first-order chi connectivity index (χ1) is 9.35. The maximum atomic E-state index is 12.0. The first-order valence-electron chi connectivity index (χ1n) is 7.22. The molecule has 1 aliphatic rings. The highest BCUT2D eigenvalue weighted by atomic mass is 16.6. The molecular formula is C15H25N3O2. The van der Waals surface area contributed by atoms with Gasteiger partial charge in [-0.15, -0.1) is 0 Å². The number of nitrogens with zero attached hydrogens (tertiary/aromatic N) is 1. The van der Waals surface area contributed by atoms with Crippen molar-refractivity contribution in [3.05, 3.63) is 24.0 Å². The summed E-state index contributed by atoms with van der Waals surface area (Å²) in [6, 6.07) is 4.64. The average Bonchev–Trinajstić information content (AvgIpc) is 2.97. The molecule has 1 saturated heterocycles. The molecule has 2 N–H and O–H groups in total. The third-order valence-electron chi connectivity index (χ3n) is 3.41. The summed E-state index contributed by atoms with van der Waals surface area (Å²) in [5.41, 5.74) is 0.737. The minimum absolute atomic E-state index is 0.214. The number of carbonyl (C=O) groups excluding carboxylic acids is 1. The maximum Gasteiger partial charge on any atom is 0.410 e. The van der Waals surface area contributed by atoms with Gasteiger partial charge in [0.05, 0.1) is 0 Å². The summed E-state index contributed by atoms with van der Waals surface area (Å²) in [7, 11) is 0. The summed E-state index contributed by atoms with van der Waals surface area (Å²) in [6.45, 7) is 9.27. The lowest BCUT2D eigenvalue weighted by Crippen LogP contribution is -2.39. The van der Waals surface area contributed by atoms with Crippen LogP contribution in [0.1, 0.15) is 45.9 Å². The van der Waals surface area contributed by atoms with Crippen LogP contribution in [0.25, 0.3) is 0 Å². The average molecular weight is 279 g/mol. The van der Waals surface area contributed by atoms with Crippen LogP contribution in [0.15, 0.2) is 18.3 Å². The molecule has 2 atom stereocenters. The Bertz CT molecular complexity index is 436. The molecule has 1 fully saturated rings. The summed E-state index contributed by atoms with van der Waals surface area (Å²) in [5.74, 6) is 0. The van der Waals surface area contributed by atoms with Crippen molar-refractivity contribution in [2.24, 2.45) is 0 Å². The molecule has 0 unspecified atom stereocenters. The Balaban J connectivity index is 1.82. The molecule has 20 heavy (non-hydrogen) atoms. The van der Waals surface area contributed by atoms with Gasteiger partial charge in [0.1, 0.15) is 5.60 Å². The van der Waals surface area contributed by atoms with Crippen LogP contribution in [-0.2, 0) is 4.74 Å². The highest BCUT2D eigenvalue weighted by Gasteiger charge is 2.30. The zero-order chi connectivity index (χ0) is 14.8. The van der Waals surface area contributed by atoms with Crippen LogP contribution in [0.3, 0.4) is 0 Å². The predicted octanol–water partition coefficient (Wildman–Crippen LogP) is 2.67. The van der Waals surface area contributed by atoms with Crippen molar-refractivity contribution < 1.29 is 9.53 Å². The SMILES string of the molecule is C[C@H](N[C@H]1CCN(C(=O)OC(C)(C)C)C1)c1ccc[nH]1. The molecule has 1 aromatic rings. The van der Waals surface area contributed by atoms with Gasteiger partial charge in [0.25, 0.3) is 0 Å². The summed E-state index contributed by atoms with van der Waals surface area (Å²) in [5, 5.41) is 3.55. The van der Waals surface area contributed by atoms with E-state index < -0.39 is 5.60 Å². The fourth-order valence-electron chi connectivity index (χ4n) is 2.45. The minimum Gasteiger partial charge on any atom is -0.444 e. The van der Waals surface area contributed by atoms with E-state index in [0.717, 1.165) is 13.0 Å². The van der Waals surface area contributed by atoms with Crippen LogP contribution >= 0.6 is 0 Å². The molecule has 2 heterocycles. The number of aromatic nitrogens is 1. The predicted molar refractivity (Wildman–Crippen MR) is 78.6 cm³/mol. The first-order valence-corrected chi connectivity index (χ1v) is 7.22. The van der Waals surface area contributed by atoms with Crippen molar-refractivity contribution in [3.63, 3.8) is 0 Å². The highest BCUT2D eigenvalue weighted by Crippen LogP contribution is 2.18. The Hall–Kier alpha value is -1.49. The van der Waals surface area contributed by atoms with E-state index >= 15 is 0 Å². The van der Waals surface area contributed by atoms with Crippen molar-refractivity contribution in [3.8, 4) is 0 Å². The van der Waals surface area contributed by atoms with Crippen molar-refractivity contribution in [1.82, 2.24) is 15.2 Å². The summed E-state index contributed by atoms with van der Waals surface area (Å²) in [4.78, 5) is 17.0. The molecule has 1 aromatic heterocycles. The van der Waals surface area contributed by atoms with Gasteiger partial charge in [-0.25, -0.2) is 4.79 Å². The van der Waals surface area contributed by atoms with Gasteiger partial charge in [0.2, 0.25) is 0 Å². The minimum atomic E-state index is -0.430. The standard InChI is InChI=1S/C15H25N3O2/c1-11(13-6-5-8-16-13)17-12-7-9-18(10-12)14(19)20-15(2,3)4/h5-6,8,11-12,16-17H,7,9-10H2,1-4H3/t11-,12-/m0/s1. The molecule has 0 saturated carbocycles. The maximum absolute atomic E-state index is 12.0. The smallest absolute Gasteiger partial charge is 0.410 e. The molecule has 0 bridgehead atoms. The number of likely N-dealkylation sites (tertiary alicyclic amines) is 1. The molecule has 0 spiro atoms. The Kier molecular flexibility index (Phi) is 4.38. The summed E-state index contributed by atoms with van der Waals surface area (Å²) in [6.07, 6.45) is 2.67. The molecule has 0 aliphatic carbocycles. The van der Waals surface area contributed by atoms with Gasteiger partial charge in [-0.1, -0.05) is 0 Å². The van der Waals surface area contributed by atoms with E-state index in [2.05, 4.69) is 23.3 Å². The molecule has 112 valence electrons. The second-order valence-electron chi connectivity index (χ2n) is 6.43. The van der Waals surface area contributed by atoms with Gasteiger partial charge >= 0.3 is 6.09 Å². The number of rotatable bonds is 3. The van der Waals surface area contributed by atoms with Gasteiger partial charge in [-0.3, -0.25) is 0 Å². The molecule has 1 amide bonds. The third kappa shape index (κ3) is 4.00. The third-order valence-corrected chi connectivity index (χ3v) is 3.41. The molecule has 0 aromatic carbocycles. The van der Waals surface area contributed by atoms with Crippen molar-refractivity contribution in [1.29, 1.82) is 0 Å². The lowest BCUT2D eigenvalue weighted by atomic mass is 10.2. The number of aromatic amines is 1. The van der Waals surface area contributed by atoms with Gasteiger partial charge in [-0.2, -0.15) is 0 Å². The molecule has 5 nitrogen and oxygen atoms in total. The van der Waals surface area contributed by atoms with Crippen LogP contribution in [-0.4, -0.2) is 40.7 Å². The molecule has 5 heteroatoms. The zero-order valence-corrected chi connectivity index (χ0v) is 12.8. The molecule has 1 aliphatic heterocycles. The topological polar surface area (TPSA) is 57.4 Å². The van der Waals surface area contributed by atoms with Gasteiger partial charge in [0, 0.05) is 37.1 Å². The van der Waals surface area contributed by atoms with E-state index in [9.17, 15) is 4.79 Å². The van der Waals surface area contributed by atoms with Crippen molar-refractivity contribution >= 4 is 6.09 Å². The second-order valence-corrected chi connectivity index (χ2v) is 6.43. The Labute approximate surface area is 120 Å². The lowest BCUT2D eigenvalue weighted by Gasteiger charge is -2.25. The summed E-state index contributed by atoms with van der Waals surface area (Å²) >= 11 is 0. The van der Waals surface area contributed by atoms with E-state index in [-0.39, 0.29) is 12.1 Å². The normalized spacial score (nSPS) is 21.0. The first kappa shape index (κ1) is 14.9. The fraction of sp³-hybridized carbons (Fsp3) is 0.667. The van der Waals surface area contributed by atoms with E-state index in [1.807, 2.05) is 33.0 Å². The van der Waals surface area contributed by atoms with Crippen molar-refractivity contribution in [2.75, 3.05) is 13.1 Å². The monoisotopic (exact) mass is 279 g/mol. The van der Waals surface area contributed by atoms with E-state index in [4.69, 9.17) is 4.74 Å². The quantitative estimate of drug-likeness (QED) is 0.894. The molecular weight excluding hydrogens is 254 g/mol. The van der Waals surface area contributed by atoms with Crippen molar-refractivity contribution in [2.45, 2.75) is 51.8 Å². The lowest BCUT2D eigenvalue weighted by molar-refractivity contribution is 0.0290. The van der Waals surface area contributed by atoms with E-state index in [1.165, 1.54) is 5.69 Å². The number of ether oxygens (including phenoxy) is 1. The summed E-state index contributed by atoms with van der Waals surface area (Å²) < 4.78 is 5.40. The van der Waals surface area contributed by atoms with Crippen LogP contribution < -0.4 is 5.32 Å². The number of nitrogens with one attached hydrogen (secondary N) is 2. The molecule has 0 radical (unpaired) electrons. The molecule has 2 rings (SSSR count). The number of carbonyl (C=O) groups is 1. The largest absolute Gasteiger partial charge is 0.444 e. The Morgan fingerprint density at radius 3 is 2.90 bits per heavy atom.